The van der Waals surface area contributed by atoms with E-state index in [9.17, 15) is 10.1 Å². The van der Waals surface area contributed by atoms with E-state index in [1.807, 2.05) is 13.3 Å². The number of nitro groups is 1. The molecule has 1 rings (SSSR count). The van der Waals surface area contributed by atoms with Crippen LogP contribution in [0.25, 0.3) is 0 Å². The minimum absolute atomic E-state index is 0.0583. The normalized spacial score (nSPS) is 10.0. The van der Waals surface area contributed by atoms with Crippen molar-refractivity contribution in [2.75, 3.05) is 0 Å². The standard InChI is InChI=1S/C10H10ClN2O2/c1-2-3-10(12)8-5-4-7(13(14)15)6-9(8)11/h2,4-6,12H,3H2,1H3. The average molecular weight is 226 g/mol. The van der Waals surface area contributed by atoms with Gasteiger partial charge in [0.2, 0.25) is 0 Å². The van der Waals surface area contributed by atoms with Gasteiger partial charge < -0.3 is 5.41 Å². The fourth-order valence-electron chi connectivity index (χ4n) is 1.18. The van der Waals surface area contributed by atoms with Crippen molar-refractivity contribution in [2.45, 2.75) is 13.3 Å². The molecule has 5 heteroatoms. The minimum atomic E-state index is -0.509. The highest BCUT2D eigenvalue weighted by atomic mass is 35.5. The number of non-ortho nitro benzene ring substituents is 1. The summed E-state index contributed by atoms with van der Waals surface area (Å²) in [5, 5.41) is 18.4. The highest BCUT2D eigenvalue weighted by Crippen LogP contribution is 2.23. The second-order valence-electron chi connectivity index (χ2n) is 3.01. The summed E-state index contributed by atoms with van der Waals surface area (Å²) in [6.07, 6.45) is 2.33. The number of hydrogen-bond donors (Lipinski definition) is 1. The third kappa shape index (κ3) is 2.76. The molecule has 0 spiro atoms. The lowest BCUT2D eigenvalue weighted by Crippen LogP contribution is -2.00. The Balaban J connectivity index is 3.03. The Morgan fingerprint density at radius 3 is 2.80 bits per heavy atom. The number of halogens is 1. The predicted molar refractivity (Wildman–Crippen MR) is 59.5 cm³/mol. The molecule has 15 heavy (non-hydrogen) atoms. The van der Waals surface area contributed by atoms with Crippen LogP contribution in [0, 0.1) is 21.9 Å². The molecule has 0 heterocycles. The maximum absolute atomic E-state index is 10.4. The third-order valence-corrected chi connectivity index (χ3v) is 2.21. The second kappa shape index (κ2) is 4.89. The molecule has 0 aliphatic carbocycles. The molecule has 0 fully saturated rings. The Labute approximate surface area is 92.5 Å². The van der Waals surface area contributed by atoms with Crippen LogP contribution >= 0.6 is 11.6 Å². The Morgan fingerprint density at radius 2 is 2.33 bits per heavy atom. The monoisotopic (exact) mass is 225 g/mol. The molecule has 0 amide bonds. The van der Waals surface area contributed by atoms with Crippen molar-refractivity contribution in [3.05, 3.63) is 45.3 Å². The van der Waals surface area contributed by atoms with Gasteiger partial charge in [0.05, 0.1) is 9.95 Å². The van der Waals surface area contributed by atoms with E-state index in [0.29, 0.717) is 17.7 Å². The molecule has 0 aliphatic rings. The topological polar surface area (TPSA) is 67.0 Å². The van der Waals surface area contributed by atoms with Gasteiger partial charge >= 0.3 is 0 Å². The van der Waals surface area contributed by atoms with Crippen LogP contribution in [-0.4, -0.2) is 10.6 Å². The zero-order valence-electron chi connectivity index (χ0n) is 8.16. The Kier molecular flexibility index (Phi) is 3.80. The lowest BCUT2D eigenvalue weighted by Gasteiger charge is -2.04. The third-order valence-electron chi connectivity index (χ3n) is 1.90. The van der Waals surface area contributed by atoms with E-state index in [4.69, 9.17) is 17.0 Å². The summed E-state index contributed by atoms with van der Waals surface area (Å²) in [6, 6.07) is 4.12. The van der Waals surface area contributed by atoms with Crippen molar-refractivity contribution in [1.29, 1.82) is 5.41 Å². The number of hydrogen-bond acceptors (Lipinski definition) is 3. The van der Waals surface area contributed by atoms with E-state index in [1.165, 1.54) is 18.2 Å². The van der Waals surface area contributed by atoms with Gasteiger partial charge in [0.1, 0.15) is 0 Å². The van der Waals surface area contributed by atoms with E-state index >= 15 is 0 Å². The SMILES string of the molecule is C[CH]CC(=N)c1ccc([N+](=O)[O-])cc1Cl. The first-order valence-electron chi connectivity index (χ1n) is 4.35. The lowest BCUT2D eigenvalue weighted by molar-refractivity contribution is -0.384. The molecular formula is C10H10ClN2O2. The summed E-state index contributed by atoms with van der Waals surface area (Å²) in [6.45, 7) is 1.84. The zero-order chi connectivity index (χ0) is 11.4. The van der Waals surface area contributed by atoms with Crippen molar-refractivity contribution in [1.82, 2.24) is 0 Å². The van der Waals surface area contributed by atoms with Gasteiger partial charge in [-0.1, -0.05) is 18.5 Å². The molecule has 1 aromatic rings. The smallest absolute Gasteiger partial charge is 0.270 e. The molecule has 1 radical (unpaired) electrons. The Hall–Kier alpha value is -1.42. The molecular weight excluding hydrogens is 216 g/mol. The fraction of sp³-hybridized carbons (Fsp3) is 0.200. The van der Waals surface area contributed by atoms with Crippen LogP contribution in [0.4, 0.5) is 5.69 Å². The van der Waals surface area contributed by atoms with Gasteiger partial charge in [-0.05, 0) is 18.9 Å². The van der Waals surface area contributed by atoms with Crippen molar-refractivity contribution in [3.63, 3.8) is 0 Å². The van der Waals surface area contributed by atoms with Crippen molar-refractivity contribution < 1.29 is 4.92 Å². The number of rotatable bonds is 4. The van der Waals surface area contributed by atoms with Crippen molar-refractivity contribution in [2.24, 2.45) is 0 Å². The van der Waals surface area contributed by atoms with E-state index in [1.54, 1.807) is 0 Å². The molecule has 0 unspecified atom stereocenters. The Morgan fingerprint density at radius 1 is 1.67 bits per heavy atom. The molecule has 0 bridgehead atoms. The van der Waals surface area contributed by atoms with Crippen molar-refractivity contribution in [3.8, 4) is 0 Å². The molecule has 0 aliphatic heterocycles. The first-order chi connectivity index (χ1) is 7.06. The summed E-state index contributed by atoms with van der Waals surface area (Å²) < 4.78 is 0. The summed E-state index contributed by atoms with van der Waals surface area (Å²) in [5.41, 5.74) is 0.842. The van der Waals surface area contributed by atoms with E-state index in [2.05, 4.69) is 0 Å². The Bertz CT molecular complexity index is 404. The second-order valence-corrected chi connectivity index (χ2v) is 3.42. The predicted octanol–water partition coefficient (Wildman–Crippen LogP) is 3.23. The maximum atomic E-state index is 10.4. The molecule has 4 nitrogen and oxygen atoms in total. The van der Waals surface area contributed by atoms with Crippen LogP contribution in [0.5, 0.6) is 0 Å². The largest absolute Gasteiger partial charge is 0.305 e. The summed E-state index contributed by atoms with van der Waals surface area (Å²) >= 11 is 5.84. The average Bonchev–Trinajstić information content (AvgIpc) is 2.17. The summed E-state index contributed by atoms with van der Waals surface area (Å²) in [4.78, 5) is 9.94. The van der Waals surface area contributed by atoms with Crippen LogP contribution in [0.15, 0.2) is 18.2 Å². The minimum Gasteiger partial charge on any atom is -0.305 e. The van der Waals surface area contributed by atoms with Crippen LogP contribution < -0.4 is 0 Å². The molecule has 0 saturated heterocycles. The number of nitrogens with zero attached hydrogens (tertiary/aromatic N) is 1. The van der Waals surface area contributed by atoms with Gasteiger partial charge in [0, 0.05) is 23.4 Å². The van der Waals surface area contributed by atoms with Crippen molar-refractivity contribution >= 4 is 23.0 Å². The van der Waals surface area contributed by atoms with Gasteiger partial charge in [0.15, 0.2) is 0 Å². The number of nitrogens with one attached hydrogen (secondary N) is 1. The molecule has 0 saturated carbocycles. The number of benzene rings is 1. The van der Waals surface area contributed by atoms with Gasteiger partial charge in [-0.2, -0.15) is 0 Å². The summed E-state index contributed by atoms with van der Waals surface area (Å²) in [5.74, 6) is 0. The van der Waals surface area contributed by atoms with Crippen LogP contribution in [-0.2, 0) is 0 Å². The maximum Gasteiger partial charge on any atom is 0.270 e. The first-order valence-corrected chi connectivity index (χ1v) is 4.73. The molecule has 1 aromatic carbocycles. The van der Waals surface area contributed by atoms with Gasteiger partial charge in [0.25, 0.3) is 5.69 Å². The van der Waals surface area contributed by atoms with Gasteiger partial charge in [-0.25, -0.2) is 0 Å². The zero-order valence-corrected chi connectivity index (χ0v) is 8.91. The first kappa shape index (κ1) is 11.7. The van der Waals surface area contributed by atoms with Crippen LogP contribution in [0.2, 0.25) is 5.02 Å². The van der Waals surface area contributed by atoms with Gasteiger partial charge in [-0.3, -0.25) is 10.1 Å². The van der Waals surface area contributed by atoms with Gasteiger partial charge in [-0.15, -0.1) is 0 Å². The molecule has 79 valence electrons. The molecule has 1 N–H and O–H groups in total. The highest BCUT2D eigenvalue weighted by Gasteiger charge is 2.11. The van der Waals surface area contributed by atoms with E-state index < -0.39 is 4.92 Å². The molecule has 0 atom stereocenters. The quantitative estimate of drug-likeness (QED) is 0.486. The van der Waals surface area contributed by atoms with E-state index in [0.717, 1.165) is 0 Å². The van der Waals surface area contributed by atoms with Crippen LogP contribution in [0.1, 0.15) is 18.9 Å². The number of nitro benzene ring substituents is 1. The highest BCUT2D eigenvalue weighted by molar-refractivity contribution is 6.34. The lowest BCUT2D eigenvalue weighted by atomic mass is 10.1. The molecule has 0 aromatic heterocycles. The van der Waals surface area contributed by atoms with E-state index in [-0.39, 0.29) is 10.7 Å². The fourth-order valence-corrected chi connectivity index (χ4v) is 1.47. The van der Waals surface area contributed by atoms with Crippen LogP contribution in [0.3, 0.4) is 0 Å². The summed E-state index contributed by atoms with van der Waals surface area (Å²) in [7, 11) is 0.